The summed E-state index contributed by atoms with van der Waals surface area (Å²) in [6, 6.07) is 0. The Hall–Kier alpha value is -1.96. The lowest BCUT2D eigenvalue weighted by Crippen LogP contribution is -2.37. The van der Waals surface area contributed by atoms with Crippen molar-refractivity contribution in [2.75, 3.05) is 0 Å². The second kappa shape index (κ2) is 4.05. The van der Waals surface area contributed by atoms with Crippen LogP contribution in [0.15, 0.2) is 9.59 Å². The molecule has 0 amide bonds. The standard InChI is InChI=1S/C10H13N5O2S/c1-13-6(4-5(11)18)12-8-7(13)9(16)15(3)10(17)14(8)2/h4H2,1-3H3,(H2,11,18). The lowest BCUT2D eigenvalue weighted by Gasteiger charge is -2.03. The molecule has 0 spiro atoms. The molecule has 0 saturated carbocycles. The Balaban J connectivity index is 2.93. The van der Waals surface area contributed by atoms with Crippen molar-refractivity contribution in [2.24, 2.45) is 26.9 Å². The normalized spacial score (nSPS) is 11.1. The van der Waals surface area contributed by atoms with E-state index in [1.807, 2.05) is 0 Å². The summed E-state index contributed by atoms with van der Waals surface area (Å²) in [6.45, 7) is 0. The molecule has 0 bridgehead atoms. The molecule has 0 fully saturated rings. The molecule has 2 heterocycles. The number of aryl methyl sites for hydroxylation is 2. The van der Waals surface area contributed by atoms with Gasteiger partial charge in [0, 0.05) is 21.1 Å². The van der Waals surface area contributed by atoms with Crippen LogP contribution in [0.3, 0.4) is 0 Å². The molecule has 96 valence electrons. The van der Waals surface area contributed by atoms with Gasteiger partial charge in [0.1, 0.15) is 5.82 Å². The minimum Gasteiger partial charge on any atom is -0.393 e. The van der Waals surface area contributed by atoms with Crippen molar-refractivity contribution in [2.45, 2.75) is 6.42 Å². The lowest BCUT2D eigenvalue weighted by molar-refractivity contribution is 0.705. The van der Waals surface area contributed by atoms with Crippen LogP contribution in [-0.2, 0) is 27.6 Å². The first-order valence-electron chi connectivity index (χ1n) is 5.24. The van der Waals surface area contributed by atoms with E-state index in [4.69, 9.17) is 18.0 Å². The molecular formula is C10H13N5O2S. The number of hydrogen-bond donors (Lipinski definition) is 1. The van der Waals surface area contributed by atoms with Crippen LogP contribution >= 0.6 is 12.2 Å². The molecule has 0 atom stereocenters. The lowest BCUT2D eigenvalue weighted by atomic mass is 10.4. The van der Waals surface area contributed by atoms with Crippen molar-refractivity contribution in [3.05, 3.63) is 26.7 Å². The predicted octanol–water partition coefficient (Wildman–Crippen LogP) is -1.20. The van der Waals surface area contributed by atoms with E-state index >= 15 is 0 Å². The van der Waals surface area contributed by atoms with Crippen molar-refractivity contribution in [3.63, 3.8) is 0 Å². The fraction of sp³-hybridized carbons (Fsp3) is 0.400. The Morgan fingerprint density at radius 2 is 1.83 bits per heavy atom. The van der Waals surface area contributed by atoms with Crippen molar-refractivity contribution in [1.82, 2.24) is 18.7 Å². The molecular weight excluding hydrogens is 254 g/mol. The zero-order chi connectivity index (χ0) is 13.6. The molecule has 8 heteroatoms. The van der Waals surface area contributed by atoms with E-state index in [9.17, 15) is 9.59 Å². The molecule has 0 aliphatic heterocycles. The van der Waals surface area contributed by atoms with E-state index in [0.717, 1.165) is 4.57 Å². The van der Waals surface area contributed by atoms with Crippen LogP contribution < -0.4 is 17.0 Å². The van der Waals surface area contributed by atoms with Gasteiger partial charge in [0.05, 0.1) is 11.4 Å². The van der Waals surface area contributed by atoms with Gasteiger partial charge in [-0.15, -0.1) is 0 Å². The van der Waals surface area contributed by atoms with Gasteiger partial charge < -0.3 is 10.3 Å². The largest absolute Gasteiger partial charge is 0.393 e. The highest BCUT2D eigenvalue weighted by Crippen LogP contribution is 2.09. The number of rotatable bonds is 2. The van der Waals surface area contributed by atoms with Gasteiger partial charge in [-0.2, -0.15) is 0 Å². The summed E-state index contributed by atoms with van der Waals surface area (Å²) in [4.78, 5) is 28.4. The Morgan fingerprint density at radius 1 is 1.22 bits per heavy atom. The molecule has 18 heavy (non-hydrogen) atoms. The molecule has 0 radical (unpaired) electrons. The highest BCUT2D eigenvalue weighted by Gasteiger charge is 2.16. The molecule has 2 N–H and O–H groups in total. The van der Waals surface area contributed by atoms with Gasteiger partial charge in [0.25, 0.3) is 5.56 Å². The maximum absolute atomic E-state index is 12.0. The van der Waals surface area contributed by atoms with Crippen molar-refractivity contribution < 1.29 is 0 Å². The van der Waals surface area contributed by atoms with Gasteiger partial charge in [-0.05, 0) is 0 Å². The second-order valence-corrected chi connectivity index (χ2v) is 4.63. The van der Waals surface area contributed by atoms with Gasteiger partial charge in [-0.25, -0.2) is 9.78 Å². The number of thiocarbonyl (C=S) groups is 1. The molecule has 0 unspecified atom stereocenters. The first-order valence-corrected chi connectivity index (χ1v) is 5.65. The van der Waals surface area contributed by atoms with Gasteiger partial charge >= 0.3 is 5.69 Å². The summed E-state index contributed by atoms with van der Waals surface area (Å²) >= 11 is 4.83. The number of hydrogen-bond acceptors (Lipinski definition) is 4. The zero-order valence-corrected chi connectivity index (χ0v) is 11.1. The van der Waals surface area contributed by atoms with Crippen LogP contribution in [0.25, 0.3) is 11.2 Å². The molecule has 2 aromatic rings. The van der Waals surface area contributed by atoms with Crippen LogP contribution in [0.2, 0.25) is 0 Å². The first kappa shape index (κ1) is 12.5. The Labute approximate surface area is 107 Å². The molecule has 0 aliphatic carbocycles. The minimum absolute atomic E-state index is 0.287. The van der Waals surface area contributed by atoms with Gasteiger partial charge in [0.2, 0.25) is 0 Å². The third-order valence-electron chi connectivity index (χ3n) is 2.90. The predicted molar refractivity (Wildman–Crippen MR) is 71.7 cm³/mol. The number of imidazole rings is 1. The molecule has 0 saturated heterocycles. The van der Waals surface area contributed by atoms with Crippen LogP contribution in [-0.4, -0.2) is 23.7 Å². The number of nitrogens with two attached hydrogens (primary N) is 1. The summed E-state index contributed by atoms with van der Waals surface area (Å²) in [7, 11) is 4.71. The summed E-state index contributed by atoms with van der Waals surface area (Å²) < 4.78 is 4.00. The maximum Gasteiger partial charge on any atom is 0.332 e. The Morgan fingerprint density at radius 3 is 2.39 bits per heavy atom. The highest BCUT2D eigenvalue weighted by molar-refractivity contribution is 7.80. The topological polar surface area (TPSA) is 87.8 Å². The molecule has 0 aromatic carbocycles. The number of nitrogens with zero attached hydrogens (tertiary/aromatic N) is 4. The maximum atomic E-state index is 12.0. The van der Waals surface area contributed by atoms with E-state index < -0.39 is 5.69 Å². The van der Waals surface area contributed by atoms with Gasteiger partial charge in [-0.3, -0.25) is 13.9 Å². The Kier molecular flexibility index (Phi) is 2.81. The van der Waals surface area contributed by atoms with E-state index in [-0.39, 0.29) is 17.0 Å². The SMILES string of the molecule is Cn1c(=O)c2c(nc(CC(N)=S)n2C)n(C)c1=O. The molecule has 7 nitrogen and oxygen atoms in total. The van der Waals surface area contributed by atoms with Crippen molar-refractivity contribution >= 4 is 28.4 Å². The highest BCUT2D eigenvalue weighted by atomic mass is 32.1. The van der Waals surface area contributed by atoms with Gasteiger partial charge in [0.15, 0.2) is 11.2 Å². The fourth-order valence-electron chi connectivity index (χ4n) is 1.88. The first-order chi connectivity index (χ1) is 8.34. The summed E-state index contributed by atoms with van der Waals surface area (Å²) in [5.41, 5.74) is 5.40. The van der Waals surface area contributed by atoms with Crippen LogP contribution in [0.4, 0.5) is 0 Å². The van der Waals surface area contributed by atoms with Crippen molar-refractivity contribution in [3.8, 4) is 0 Å². The zero-order valence-electron chi connectivity index (χ0n) is 10.3. The minimum atomic E-state index is -0.410. The summed E-state index contributed by atoms with van der Waals surface area (Å²) in [6.07, 6.45) is 0.290. The van der Waals surface area contributed by atoms with Gasteiger partial charge in [-0.1, -0.05) is 12.2 Å². The smallest absolute Gasteiger partial charge is 0.332 e. The van der Waals surface area contributed by atoms with Crippen LogP contribution in [0, 0.1) is 0 Å². The monoisotopic (exact) mass is 267 g/mol. The number of fused-ring (bicyclic) bond motifs is 1. The second-order valence-electron chi connectivity index (χ2n) is 4.11. The molecule has 2 aromatic heterocycles. The number of aromatic nitrogens is 4. The van der Waals surface area contributed by atoms with E-state index in [1.165, 1.54) is 11.6 Å². The van der Waals surface area contributed by atoms with Crippen LogP contribution in [0.5, 0.6) is 0 Å². The third-order valence-corrected chi connectivity index (χ3v) is 3.04. The third kappa shape index (κ3) is 1.65. The van der Waals surface area contributed by atoms with Crippen molar-refractivity contribution in [1.29, 1.82) is 0 Å². The quantitative estimate of drug-likeness (QED) is 0.690. The van der Waals surface area contributed by atoms with E-state index in [1.54, 1.807) is 18.7 Å². The van der Waals surface area contributed by atoms with E-state index in [0.29, 0.717) is 17.0 Å². The fourth-order valence-corrected chi connectivity index (χ4v) is 2.01. The van der Waals surface area contributed by atoms with Crippen LogP contribution in [0.1, 0.15) is 5.82 Å². The molecule has 0 aliphatic rings. The molecule has 2 rings (SSSR count). The average molecular weight is 267 g/mol. The van der Waals surface area contributed by atoms with E-state index in [2.05, 4.69) is 4.98 Å². The Bertz CT molecular complexity index is 767. The summed E-state index contributed by atoms with van der Waals surface area (Å²) in [5, 5.41) is 0. The summed E-state index contributed by atoms with van der Waals surface area (Å²) in [5.74, 6) is 0.566. The average Bonchev–Trinajstić information content (AvgIpc) is 2.61.